The van der Waals surface area contributed by atoms with Crippen LogP contribution in [0.15, 0.2) is 6.07 Å². The molecular formula is C14H22N4. The van der Waals surface area contributed by atoms with E-state index in [9.17, 15) is 0 Å². The molecule has 1 heterocycles. The summed E-state index contributed by atoms with van der Waals surface area (Å²) in [7, 11) is 1.92. The standard InChI is InChI=1S/C14H22N4/c1-3-14(7-4-8-14)18-12-9-11(15-2)16-13(17-12)10-5-6-10/h9-10H,3-8H2,1-2H3,(H2,15,16,17,18). The minimum Gasteiger partial charge on any atom is -0.373 e. The maximum absolute atomic E-state index is 4.70. The first kappa shape index (κ1) is 11.8. The van der Waals surface area contributed by atoms with Gasteiger partial charge in [-0.1, -0.05) is 6.92 Å². The summed E-state index contributed by atoms with van der Waals surface area (Å²) in [6.45, 7) is 2.26. The summed E-state index contributed by atoms with van der Waals surface area (Å²) in [5.41, 5.74) is 0.292. The number of nitrogens with one attached hydrogen (secondary N) is 2. The average molecular weight is 246 g/mol. The van der Waals surface area contributed by atoms with Gasteiger partial charge in [-0.15, -0.1) is 0 Å². The number of aromatic nitrogens is 2. The molecule has 2 fully saturated rings. The second kappa shape index (κ2) is 4.41. The highest BCUT2D eigenvalue weighted by Gasteiger charge is 2.35. The number of anilines is 2. The molecule has 98 valence electrons. The van der Waals surface area contributed by atoms with E-state index in [2.05, 4.69) is 22.5 Å². The Morgan fingerprint density at radius 3 is 2.50 bits per heavy atom. The van der Waals surface area contributed by atoms with Crippen molar-refractivity contribution in [1.82, 2.24) is 9.97 Å². The highest BCUT2D eigenvalue weighted by Crippen LogP contribution is 2.41. The van der Waals surface area contributed by atoms with Crippen LogP contribution < -0.4 is 10.6 Å². The van der Waals surface area contributed by atoms with Gasteiger partial charge in [0, 0.05) is 24.6 Å². The first-order valence-electron chi connectivity index (χ1n) is 7.09. The van der Waals surface area contributed by atoms with Gasteiger partial charge in [-0.25, -0.2) is 9.97 Å². The van der Waals surface area contributed by atoms with Crippen LogP contribution in [0.4, 0.5) is 11.6 Å². The van der Waals surface area contributed by atoms with Gasteiger partial charge in [-0.3, -0.25) is 0 Å². The predicted octanol–water partition coefficient (Wildman–Crippen LogP) is 3.14. The van der Waals surface area contributed by atoms with Crippen molar-refractivity contribution in [2.45, 2.75) is 56.9 Å². The second-order valence-corrected chi connectivity index (χ2v) is 5.63. The Kier molecular flexibility index (Phi) is 2.88. The van der Waals surface area contributed by atoms with Gasteiger partial charge in [0.25, 0.3) is 0 Å². The molecule has 2 aliphatic carbocycles. The lowest BCUT2D eigenvalue weighted by Gasteiger charge is -2.42. The zero-order valence-electron chi connectivity index (χ0n) is 11.3. The van der Waals surface area contributed by atoms with E-state index in [1.54, 1.807) is 0 Å². The zero-order chi connectivity index (χ0) is 12.6. The number of hydrogen-bond acceptors (Lipinski definition) is 4. The summed E-state index contributed by atoms with van der Waals surface area (Å²) >= 11 is 0. The number of nitrogens with zero attached hydrogens (tertiary/aromatic N) is 2. The van der Waals surface area contributed by atoms with Crippen molar-refractivity contribution in [2.75, 3.05) is 17.7 Å². The average Bonchev–Trinajstić information content (AvgIpc) is 3.17. The molecule has 1 aromatic heterocycles. The van der Waals surface area contributed by atoms with Gasteiger partial charge in [-0.2, -0.15) is 0 Å². The molecule has 3 rings (SSSR count). The van der Waals surface area contributed by atoms with Crippen LogP contribution in [0.3, 0.4) is 0 Å². The Balaban J connectivity index is 1.83. The molecule has 1 aromatic rings. The first-order chi connectivity index (χ1) is 8.74. The van der Waals surface area contributed by atoms with E-state index < -0.39 is 0 Å². The van der Waals surface area contributed by atoms with Crippen molar-refractivity contribution >= 4 is 11.6 Å². The van der Waals surface area contributed by atoms with Crippen LogP contribution in [0.2, 0.25) is 0 Å². The Bertz CT molecular complexity index is 430. The Morgan fingerprint density at radius 2 is 2.00 bits per heavy atom. The third-order valence-electron chi connectivity index (χ3n) is 4.32. The van der Waals surface area contributed by atoms with E-state index in [-0.39, 0.29) is 0 Å². The van der Waals surface area contributed by atoms with Gasteiger partial charge >= 0.3 is 0 Å². The molecular weight excluding hydrogens is 224 g/mol. The Morgan fingerprint density at radius 1 is 1.28 bits per heavy atom. The molecule has 0 bridgehead atoms. The van der Waals surface area contributed by atoms with Crippen LogP contribution in [-0.2, 0) is 0 Å². The summed E-state index contributed by atoms with van der Waals surface area (Å²) in [6, 6.07) is 2.03. The van der Waals surface area contributed by atoms with E-state index >= 15 is 0 Å². The molecule has 18 heavy (non-hydrogen) atoms. The fourth-order valence-corrected chi connectivity index (χ4v) is 2.62. The lowest BCUT2D eigenvalue weighted by Crippen LogP contribution is -2.44. The maximum atomic E-state index is 4.70. The van der Waals surface area contributed by atoms with Crippen LogP contribution in [0, 0.1) is 0 Å². The van der Waals surface area contributed by atoms with Crippen molar-refractivity contribution in [2.24, 2.45) is 0 Å². The highest BCUT2D eigenvalue weighted by molar-refractivity contribution is 5.49. The molecule has 2 aliphatic rings. The molecule has 2 saturated carbocycles. The fraction of sp³-hybridized carbons (Fsp3) is 0.714. The lowest BCUT2D eigenvalue weighted by atomic mass is 9.75. The lowest BCUT2D eigenvalue weighted by molar-refractivity contribution is 0.268. The molecule has 4 nitrogen and oxygen atoms in total. The highest BCUT2D eigenvalue weighted by atomic mass is 15.1. The summed E-state index contributed by atoms with van der Waals surface area (Å²) in [5.74, 6) is 3.53. The predicted molar refractivity (Wildman–Crippen MR) is 74.0 cm³/mol. The van der Waals surface area contributed by atoms with Gasteiger partial charge in [-0.05, 0) is 38.5 Å². The third kappa shape index (κ3) is 2.16. The zero-order valence-corrected chi connectivity index (χ0v) is 11.3. The molecule has 0 aliphatic heterocycles. The molecule has 0 amide bonds. The third-order valence-corrected chi connectivity index (χ3v) is 4.32. The number of hydrogen-bond donors (Lipinski definition) is 2. The fourth-order valence-electron chi connectivity index (χ4n) is 2.62. The van der Waals surface area contributed by atoms with Gasteiger partial charge in [0.15, 0.2) is 0 Å². The number of rotatable bonds is 5. The van der Waals surface area contributed by atoms with Crippen molar-refractivity contribution in [1.29, 1.82) is 0 Å². The van der Waals surface area contributed by atoms with Crippen molar-refractivity contribution in [3.05, 3.63) is 11.9 Å². The van der Waals surface area contributed by atoms with Crippen LogP contribution in [0.5, 0.6) is 0 Å². The van der Waals surface area contributed by atoms with Crippen LogP contribution >= 0.6 is 0 Å². The molecule has 0 saturated heterocycles. The van der Waals surface area contributed by atoms with Gasteiger partial charge in [0.05, 0.1) is 0 Å². The van der Waals surface area contributed by atoms with Gasteiger partial charge in [0.1, 0.15) is 17.5 Å². The van der Waals surface area contributed by atoms with Crippen LogP contribution in [0.1, 0.15) is 57.2 Å². The maximum Gasteiger partial charge on any atom is 0.136 e. The summed E-state index contributed by atoms with van der Waals surface area (Å²) in [5, 5.41) is 6.79. The van der Waals surface area contributed by atoms with Crippen LogP contribution in [-0.4, -0.2) is 22.6 Å². The summed E-state index contributed by atoms with van der Waals surface area (Å²) < 4.78 is 0. The molecule has 0 aromatic carbocycles. The minimum atomic E-state index is 0.292. The smallest absolute Gasteiger partial charge is 0.136 e. The minimum absolute atomic E-state index is 0.292. The van der Waals surface area contributed by atoms with E-state index in [1.807, 2.05) is 13.1 Å². The Labute approximate surface area is 109 Å². The van der Waals surface area contributed by atoms with Crippen molar-refractivity contribution in [3.63, 3.8) is 0 Å². The topological polar surface area (TPSA) is 49.8 Å². The van der Waals surface area contributed by atoms with E-state index in [0.717, 1.165) is 17.5 Å². The summed E-state index contributed by atoms with van der Waals surface area (Å²) in [4.78, 5) is 9.25. The first-order valence-corrected chi connectivity index (χ1v) is 7.09. The van der Waals surface area contributed by atoms with Crippen molar-refractivity contribution < 1.29 is 0 Å². The molecule has 0 atom stereocenters. The SMILES string of the molecule is CCC1(Nc2cc(NC)nc(C3CC3)n2)CCC1. The molecule has 0 spiro atoms. The van der Waals surface area contributed by atoms with Crippen LogP contribution in [0.25, 0.3) is 0 Å². The van der Waals surface area contributed by atoms with Crippen molar-refractivity contribution in [3.8, 4) is 0 Å². The normalized spacial score (nSPS) is 21.2. The second-order valence-electron chi connectivity index (χ2n) is 5.63. The van der Waals surface area contributed by atoms with E-state index in [0.29, 0.717) is 11.5 Å². The molecule has 0 radical (unpaired) electrons. The van der Waals surface area contributed by atoms with E-state index in [4.69, 9.17) is 4.98 Å². The van der Waals surface area contributed by atoms with Gasteiger partial charge in [0.2, 0.25) is 0 Å². The Hall–Kier alpha value is -1.32. The molecule has 4 heteroatoms. The molecule has 2 N–H and O–H groups in total. The monoisotopic (exact) mass is 246 g/mol. The van der Waals surface area contributed by atoms with Gasteiger partial charge < -0.3 is 10.6 Å². The summed E-state index contributed by atoms with van der Waals surface area (Å²) in [6.07, 6.45) is 7.52. The quantitative estimate of drug-likeness (QED) is 0.838. The largest absolute Gasteiger partial charge is 0.373 e. The molecule has 0 unspecified atom stereocenters. The van der Waals surface area contributed by atoms with E-state index in [1.165, 1.54) is 38.5 Å².